The van der Waals surface area contributed by atoms with Crippen LogP contribution in [0.25, 0.3) is 0 Å². The Morgan fingerprint density at radius 1 is 0.824 bits per heavy atom. The number of benzene rings is 2. The van der Waals surface area contributed by atoms with E-state index < -0.39 is 51.0 Å². The SMILES string of the molecule is C[C@H]1O[C@H](O)[C@H](OC(=O)c2ccccc2)[C@H](O[Si](C)(C)C(C)(C)C)[C@@H]1OC(=O)c1ccccc1. The van der Waals surface area contributed by atoms with Crippen molar-refractivity contribution in [1.29, 1.82) is 0 Å². The number of rotatable bonds is 6. The number of carbonyl (C=O) groups excluding carboxylic acids is 2. The molecular weight excluding hydrogens is 452 g/mol. The van der Waals surface area contributed by atoms with Crippen LogP contribution in [0.5, 0.6) is 0 Å². The second-order valence-corrected chi connectivity index (χ2v) is 14.8. The van der Waals surface area contributed by atoms with Crippen molar-refractivity contribution in [3.63, 3.8) is 0 Å². The molecule has 34 heavy (non-hydrogen) atoms. The molecule has 2 aromatic carbocycles. The van der Waals surface area contributed by atoms with Crippen LogP contribution in [0.1, 0.15) is 48.4 Å². The monoisotopic (exact) mass is 486 g/mol. The molecule has 1 saturated heterocycles. The first-order valence-electron chi connectivity index (χ1n) is 11.4. The fraction of sp³-hybridized carbons (Fsp3) is 0.462. The molecule has 0 saturated carbocycles. The summed E-state index contributed by atoms with van der Waals surface area (Å²) >= 11 is 0. The molecule has 0 spiro atoms. The number of esters is 2. The van der Waals surface area contributed by atoms with E-state index in [0.717, 1.165) is 0 Å². The Hall–Kier alpha value is -2.52. The maximum atomic E-state index is 12.9. The number of ether oxygens (including phenoxy) is 3. The molecule has 1 aliphatic rings. The van der Waals surface area contributed by atoms with Crippen LogP contribution in [0.3, 0.4) is 0 Å². The van der Waals surface area contributed by atoms with Crippen LogP contribution in [0.15, 0.2) is 60.7 Å². The second kappa shape index (κ2) is 10.4. The first-order chi connectivity index (χ1) is 15.9. The largest absolute Gasteiger partial charge is 0.453 e. The van der Waals surface area contributed by atoms with Gasteiger partial charge in [-0.05, 0) is 49.3 Å². The van der Waals surface area contributed by atoms with Crippen LogP contribution in [0.2, 0.25) is 18.1 Å². The maximum Gasteiger partial charge on any atom is 0.338 e. The second-order valence-electron chi connectivity index (χ2n) is 10.0. The standard InChI is InChI=1S/C26H34O7Si/c1-17-20(31-23(27)18-13-9-7-10-14-18)21(33-34(5,6)26(2,3)4)22(25(29)30-17)32-24(28)19-15-11-8-12-16-19/h7-17,20-22,25,29H,1-6H3/t17-,20-,21-,22-,25+/m1/s1. The summed E-state index contributed by atoms with van der Waals surface area (Å²) < 4.78 is 23.9. The summed E-state index contributed by atoms with van der Waals surface area (Å²) in [6.45, 7) is 12.0. The number of aliphatic hydroxyl groups excluding tert-OH is 1. The van der Waals surface area contributed by atoms with Gasteiger partial charge in [0.25, 0.3) is 0 Å². The zero-order valence-electron chi connectivity index (χ0n) is 20.6. The Morgan fingerprint density at radius 3 is 1.71 bits per heavy atom. The highest BCUT2D eigenvalue weighted by Gasteiger charge is 2.52. The summed E-state index contributed by atoms with van der Waals surface area (Å²) in [4.78, 5) is 25.8. The van der Waals surface area contributed by atoms with E-state index >= 15 is 0 Å². The number of aliphatic hydroxyl groups is 1. The van der Waals surface area contributed by atoms with Gasteiger partial charge in [-0.1, -0.05) is 57.2 Å². The highest BCUT2D eigenvalue weighted by atomic mass is 28.4. The summed E-state index contributed by atoms with van der Waals surface area (Å²) in [5.74, 6) is -1.17. The Labute approximate surface area is 202 Å². The van der Waals surface area contributed by atoms with Gasteiger partial charge in [0.2, 0.25) is 0 Å². The Kier molecular flexibility index (Phi) is 7.97. The molecule has 1 heterocycles. The Bertz CT molecular complexity index is 906. The van der Waals surface area contributed by atoms with Crippen molar-refractivity contribution in [2.45, 2.75) is 76.5 Å². The van der Waals surface area contributed by atoms with Crippen molar-refractivity contribution in [2.75, 3.05) is 0 Å². The van der Waals surface area contributed by atoms with Crippen LogP contribution >= 0.6 is 0 Å². The minimum Gasteiger partial charge on any atom is -0.453 e. The van der Waals surface area contributed by atoms with Gasteiger partial charge in [0.1, 0.15) is 6.10 Å². The maximum absolute atomic E-state index is 12.9. The minimum absolute atomic E-state index is 0.179. The van der Waals surface area contributed by atoms with E-state index in [0.29, 0.717) is 11.1 Å². The molecule has 0 bridgehead atoms. The number of hydrogen-bond donors (Lipinski definition) is 1. The van der Waals surface area contributed by atoms with Crippen molar-refractivity contribution in [3.05, 3.63) is 71.8 Å². The highest BCUT2D eigenvalue weighted by molar-refractivity contribution is 6.74. The quantitative estimate of drug-likeness (QED) is 0.473. The molecule has 3 rings (SSSR count). The molecular formula is C26H34O7Si. The lowest BCUT2D eigenvalue weighted by Gasteiger charge is -2.47. The summed E-state index contributed by atoms with van der Waals surface area (Å²) in [7, 11) is -2.45. The summed E-state index contributed by atoms with van der Waals surface area (Å²) in [5, 5.41) is 10.6. The Morgan fingerprint density at radius 2 is 1.26 bits per heavy atom. The minimum atomic E-state index is -2.45. The topological polar surface area (TPSA) is 91.3 Å². The molecule has 184 valence electrons. The molecule has 5 atom stereocenters. The molecule has 0 radical (unpaired) electrons. The molecule has 0 unspecified atom stereocenters. The van der Waals surface area contributed by atoms with Crippen molar-refractivity contribution in [3.8, 4) is 0 Å². The van der Waals surface area contributed by atoms with Gasteiger partial charge in [-0.15, -0.1) is 0 Å². The first-order valence-corrected chi connectivity index (χ1v) is 14.3. The molecule has 7 nitrogen and oxygen atoms in total. The van der Waals surface area contributed by atoms with E-state index in [4.69, 9.17) is 18.6 Å². The molecule has 1 fully saturated rings. The van der Waals surface area contributed by atoms with Crippen LogP contribution in [0.4, 0.5) is 0 Å². The molecule has 8 heteroatoms. The van der Waals surface area contributed by atoms with Gasteiger partial charge < -0.3 is 23.7 Å². The lowest BCUT2D eigenvalue weighted by atomic mass is 9.99. The summed E-state index contributed by atoms with van der Waals surface area (Å²) in [6.07, 6.45) is -5.14. The zero-order valence-corrected chi connectivity index (χ0v) is 21.6. The van der Waals surface area contributed by atoms with Gasteiger partial charge in [0.05, 0.1) is 17.2 Å². The third-order valence-corrected chi connectivity index (χ3v) is 11.0. The molecule has 1 N–H and O–H groups in total. The normalized spacial score (nSPS) is 25.4. The van der Waals surface area contributed by atoms with Gasteiger partial charge in [-0.2, -0.15) is 0 Å². The zero-order chi connectivity index (χ0) is 25.1. The van der Waals surface area contributed by atoms with E-state index in [1.165, 1.54) is 0 Å². The first kappa shape index (κ1) is 26.1. The molecule has 2 aromatic rings. The molecule has 0 aromatic heterocycles. The van der Waals surface area contributed by atoms with Gasteiger partial charge in [-0.25, -0.2) is 9.59 Å². The predicted molar refractivity (Wildman–Crippen MR) is 130 cm³/mol. The number of carbonyl (C=O) groups is 2. The fourth-order valence-corrected chi connectivity index (χ4v) is 4.76. The molecule has 0 amide bonds. The third kappa shape index (κ3) is 5.93. The average Bonchev–Trinajstić information content (AvgIpc) is 2.79. The molecule has 0 aliphatic carbocycles. The highest BCUT2D eigenvalue weighted by Crippen LogP contribution is 2.40. The Balaban J connectivity index is 1.94. The van der Waals surface area contributed by atoms with Crippen LogP contribution in [0, 0.1) is 0 Å². The fourth-order valence-electron chi connectivity index (χ4n) is 3.46. The third-order valence-electron chi connectivity index (χ3n) is 6.49. The van der Waals surface area contributed by atoms with Crippen LogP contribution in [-0.4, -0.2) is 56.1 Å². The van der Waals surface area contributed by atoms with E-state index in [-0.39, 0.29) is 5.04 Å². The van der Waals surface area contributed by atoms with Crippen molar-refractivity contribution >= 4 is 20.3 Å². The molecule has 1 aliphatic heterocycles. The van der Waals surface area contributed by atoms with E-state index in [1.54, 1.807) is 61.5 Å². The van der Waals surface area contributed by atoms with Crippen molar-refractivity contribution in [1.82, 2.24) is 0 Å². The lowest BCUT2D eigenvalue weighted by molar-refractivity contribution is -0.273. The van der Waals surface area contributed by atoms with E-state index in [9.17, 15) is 14.7 Å². The van der Waals surface area contributed by atoms with E-state index in [1.807, 2.05) is 19.2 Å². The van der Waals surface area contributed by atoms with E-state index in [2.05, 4.69) is 20.8 Å². The van der Waals surface area contributed by atoms with Gasteiger partial charge >= 0.3 is 11.9 Å². The predicted octanol–water partition coefficient (Wildman–Crippen LogP) is 4.57. The van der Waals surface area contributed by atoms with Crippen LogP contribution < -0.4 is 0 Å². The summed E-state index contributed by atoms with van der Waals surface area (Å²) in [6, 6.07) is 17.1. The number of hydrogen-bond acceptors (Lipinski definition) is 7. The van der Waals surface area contributed by atoms with Gasteiger partial charge in [0, 0.05) is 0 Å². The van der Waals surface area contributed by atoms with Crippen molar-refractivity contribution < 1.29 is 33.3 Å². The van der Waals surface area contributed by atoms with Gasteiger partial charge in [-0.3, -0.25) is 0 Å². The average molecular weight is 487 g/mol. The summed E-state index contributed by atoms with van der Waals surface area (Å²) in [5.41, 5.74) is 0.710. The smallest absolute Gasteiger partial charge is 0.338 e. The van der Waals surface area contributed by atoms with Gasteiger partial charge in [0.15, 0.2) is 26.8 Å². The van der Waals surface area contributed by atoms with Crippen LogP contribution in [-0.2, 0) is 18.6 Å². The van der Waals surface area contributed by atoms with Crippen molar-refractivity contribution in [2.24, 2.45) is 0 Å². The lowest BCUT2D eigenvalue weighted by Crippen LogP contribution is -2.63.